The fourth-order valence-corrected chi connectivity index (χ4v) is 1.86. The number of amides is 1. The van der Waals surface area contributed by atoms with E-state index in [0.717, 1.165) is 19.5 Å². The highest BCUT2D eigenvalue weighted by Gasteiger charge is 2.31. The molecule has 0 unspecified atom stereocenters. The van der Waals surface area contributed by atoms with Crippen molar-refractivity contribution in [2.75, 3.05) is 13.1 Å². The number of carboxylic acid groups (broad SMARTS) is 2. The molecule has 0 bridgehead atoms. The van der Waals surface area contributed by atoms with Crippen molar-refractivity contribution in [3.8, 4) is 0 Å². The van der Waals surface area contributed by atoms with Crippen molar-refractivity contribution < 1.29 is 29.3 Å². The van der Waals surface area contributed by atoms with Crippen LogP contribution in [0.2, 0.25) is 0 Å². The number of piperazine rings is 1. The molecule has 0 aliphatic carbocycles. The van der Waals surface area contributed by atoms with Gasteiger partial charge < -0.3 is 25.2 Å². The van der Waals surface area contributed by atoms with Gasteiger partial charge in [0, 0.05) is 25.2 Å². The van der Waals surface area contributed by atoms with Crippen LogP contribution in [0, 0.1) is 0 Å². The first kappa shape index (κ1) is 20.2. The van der Waals surface area contributed by atoms with Crippen molar-refractivity contribution in [1.82, 2.24) is 10.2 Å². The van der Waals surface area contributed by atoms with E-state index in [-0.39, 0.29) is 12.1 Å². The number of aliphatic carboxylic acids is 2. The first-order valence-electron chi connectivity index (χ1n) is 7.17. The lowest BCUT2D eigenvalue weighted by Gasteiger charge is -2.39. The molecule has 0 spiro atoms. The lowest BCUT2D eigenvalue weighted by Crippen LogP contribution is -2.57. The van der Waals surface area contributed by atoms with Crippen molar-refractivity contribution >= 4 is 18.0 Å². The molecule has 0 aromatic rings. The second-order valence-corrected chi connectivity index (χ2v) is 6.11. The lowest BCUT2D eigenvalue weighted by molar-refractivity contribution is -0.159. The molecule has 1 heterocycles. The number of carbonyl (C=O) groups excluding carboxylic acids is 1. The number of hydrogen-bond acceptors (Lipinski definition) is 5. The van der Waals surface area contributed by atoms with Crippen LogP contribution in [0.1, 0.15) is 41.0 Å². The summed E-state index contributed by atoms with van der Waals surface area (Å²) in [6.07, 6.45) is 0.770. The van der Waals surface area contributed by atoms with E-state index < -0.39 is 17.5 Å². The van der Waals surface area contributed by atoms with Crippen molar-refractivity contribution in [2.45, 2.75) is 58.7 Å². The quantitative estimate of drug-likeness (QED) is 0.621. The molecule has 8 heteroatoms. The smallest absolute Gasteiger partial charge is 0.414 e. The fourth-order valence-electron chi connectivity index (χ4n) is 1.86. The van der Waals surface area contributed by atoms with E-state index >= 15 is 0 Å². The van der Waals surface area contributed by atoms with Crippen LogP contribution in [-0.4, -0.2) is 63.9 Å². The van der Waals surface area contributed by atoms with Crippen LogP contribution in [0.4, 0.5) is 4.79 Å². The van der Waals surface area contributed by atoms with Gasteiger partial charge in [-0.25, -0.2) is 14.4 Å². The SMILES string of the molecule is CC[C@H]1CN[C@H](C)CN1C(=O)OC(C)(C)C.O=C(O)C(=O)O. The Morgan fingerprint density at radius 2 is 1.73 bits per heavy atom. The van der Waals surface area contributed by atoms with Crippen LogP contribution < -0.4 is 5.32 Å². The number of rotatable bonds is 1. The van der Waals surface area contributed by atoms with E-state index in [1.54, 1.807) is 0 Å². The fraction of sp³-hybridized carbons (Fsp3) is 0.786. The summed E-state index contributed by atoms with van der Waals surface area (Å²) >= 11 is 0. The van der Waals surface area contributed by atoms with Gasteiger partial charge in [0.2, 0.25) is 0 Å². The predicted octanol–water partition coefficient (Wildman–Crippen LogP) is 1.15. The van der Waals surface area contributed by atoms with Gasteiger partial charge in [0.1, 0.15) is 5.60 Å². The van der Waals surface area contributed by atoms with E-state index in [4.69, 9.17) is 24.5 Å². The van der Waals surface area contributed by atoms with Gasteiger partial charge in [0.05, 0.1) is 0 Å². The number of carboxylic acids is 2. The second kappa shape index (κ2) is 8.57. The largest absolute Gasteiger partial charge is 0.473 e. The summed E-state index contributed by atoms with van der Waals surface area (Å²) < 4.78 is 5.42. The zero-order valence-corrected chi connectivity index (χ0v) is 13.8. The molecule has 1 fully saturated rings. The van der Waals surface area contributed by atoms with Crippen LogP contribution in [0.3, 0.4) is 0 Å². The number of hydrogen-bond donors (Lipinski definition) is 3. The maximum Gasteiger partial charge on any atom is 0.414 e. The van der Waals surface area contributed by atoms with Crippen LogP contribution in [0.25, 0.3) is 0 Å². The Bertz CT molecular complexity index is 393. The highest BCUT2D eigenvalue weighted by atomic mass is 16.6. The Morgan fingerprint density at radius 1 is 1.23 bits per heavy atom. The van der Waals surface area contributed by atoms with Crippen molar-refractivity contribution in [3.63, 3.8) is 0 Å². The lowest BCUT2D eigenvalue weighted by atomic mass is 10.1. The normalized spacial score (nSPS) is 21.4. The maximum atomic E-state index is 12.0. The van der Waals surface area contributed by atoms with Gasteiger partial charge in [-0.15, -0.1) is 0 Å². The number of nitrogens with zero attached hydrogens (tertiary/aromatic N) is 1. The van der Waals surface area contributed by atoms with Crippen molar-refractivity contribution in [2.24, 2.45) is 0 Å². The average molecular weight is 318 g/mol. The summed E-state index contributed by atoms with van der Waals surface area (Å²) in [6.45, 7) is 11.5. The summed E-state index contributed by atoms with van der Waals surface area (Å²) in [4.78, 5) is 32.1. The minimum atomic E-state index is -1.82. The number of ether oxygens (including phenoxy) is 1. The minimum Gasteiger partial charge on any atom is -0.473 e. The standard InChI is InChI=1S/C12H24N2O2.C2H2O4/c1-6-10-7-13-9(2)8-14(10)11(15)16-12(3,4)5;3-1(4)2(5)6/h9-10,13H,6-8H2,1-5H3;(H,3,4)(H,5,6)/t9-,10+;/m1./s1. The third-order valence-electron chi connectivity index (χ3n) is 2.90. The first-order valence-corrected chi connectivity index (χ1v) is 7.17. The molecule has 128 valence electrons. The molecule has 0 radical (unpaired) electrons. The molecule has 1 rings (SSSR count). The molecule has 1 aliphatic rings. The van der Waals surface area contributed by atoms with Crippen molar-refractivity contribution in [3.05, 3.63) is 0 Å². The second-order valence-electron chi connectivity index (χ2n) is 6.11. The van der Waals surface area contributed by atoms with Crippen LogP contribution in [0.5, 0.6) is 0 Å². The Balaban J connectivity index is 0.000000626. The van der Waals surface area contributed by atoms with E-state index in [1.165, 1.54) is 0 Å². The van der Waals surface area contributed by atoms with Gasteiger partial charge in [-0.05, 0) is 34.1 Å². The molecule has 1 amide bonds. The number of carbonyl (C=O) groups is 3. The molecule has 1 aliphatic heterocycles. The van der Waals surface area contributed by atoms with Crippen LogP contribution >= 0.6 is 0 Å². The average Bonchev–Trinajstić information content (AvgIpc) is 2.37. The zero-order valence-electron chi connectivity index (χ0n) is 13.8. The molecule has 22 heavy (non-hydrogen) atoms. The Labute approximate surface area is 130 Å². The van der Waals surface area contributed by atoms with Crippen LogP contribution in [0.15, 0.2) is 0 Å². The van der Waals surface area contributed by atoms with Gasteiger partial charge in [-0.2, -0.15) is 0 Å². The highest BCUT2D eigenvalue weighted by Crippen LogP contribution is 2.16. The Kier molecular flexibility index (Phi) is 7.86. The first-order chi connectivity index (χ1) is 9.97. The number of nitrogens with one attached hydrogen (secondary N) is 1. The molecule has 2 atom stereocenters. The summed E-state index contributed by atoms with van der Waals surface area (Å²) in [5, 5.41) is 18.2. The third-order valence-corrected chi connectivity index (χ3v) is 2.90. The maximum absolute atomic E-state index is 12.0. The van der Waals surface area contributed by atoms with Crippen molar-refractivity contribution in [1.29, 1.82) is 0 Å². The molecule has 3 N–H and O–H groups in total. The summed E-state index contributed by atoms with van der Waals surface area (Å²) in [5.74, 6) is -3.65. The van der Waals surface area contributed by atoms with E-state index in [2.05, 4.69) is 19.2 Å². The van der Waals surface area contributed by atoms with Gasteiger partial charge in [-0.3, -0.25) is 0 Å². The minimum absolute atomic E-state index is 0.187. The van der Waals surface area contributed by atoms with Gasteiger partial charge in [-0.1, -0.05) is 6.92 Å². The molecular formula is C14H26N2O6. The molecule has 0 aromatic heterocycles. The predicted molar refractivity (Wildman–Crippen MR) is 79.8 cm³/mol. The van der Waals surface area contributed by atoms with Gasteiger partial charge in [0.25, 0.3) is 0 Å². The molecule has 8 nitrogen and oxygen atoms in total. The van der Waals surface area contributed by atoms with E-state index in [1.807, 2.05) is 25.7 Å². The zero-order chi connectivity index (χ0) is 17.5. The summed E-state index contributed by atoms with van der Waals surface area (Å²) in [7, 11) is 0. The summed E-state index contributed by atoms with van der Waals surface area (Å²) in [5.41, 5.74) is -0.413. The van der Waals surface area contributed by atoms with E-state index in [0.29, 0.717) is 6.04 Å². The van der Waals surface area contributed by atoms with E-state index in [9.17, 15) is 4.79 Å². The Hall–Kier alpha value is -1.83. The monoisotopic (exact) mass is 318 g/mol. The van der Waals surface area contributed by atoms with Gasteiger partial charge in [0.15, 0.2) is 0 Å². The highest BCUT2D eigenvalue weighted by molar-refractivity contribution is 6.27. The molecule has 0 aromatic carbocycles. The summed E-state index contributed by atoms with van der Waals surface area (Å²) in [6, 6.07) is 0.598. The topological polar surface area (TPSA) is 116 Å². The molecule has 1 saturated heterocycles. The third kappa shape index (κ3) is 7.82. The Morgan fingerprint density at radius 3 is 2.09 bits per heavy atom. The molecular weight excluding hydrogens is 292 g/mol. The van der Waals surface area contributed by atoms with Gasteiger partial charge >= 0.3 is 18.0 Å². The van der Waals surface area contributed by atoms with Crippen LogP contribution in [-0.2, 0) is 14.3 Å². The molecule has 0 saturated carbocycles.